The second-order valence-corrected chi connectivity index (χ2v) is 10.2. The van der Waals surface area contributed by atoms with Gasteiger partial charge in [-0.05, 0) is 31.2 Å². The van der Waals surface area contributed by atoms with Crippen molar-refractivity contribution in [1.82, 2.24) is 20.4 Å². The summed E-state index contributed by atoms with van der Waals surface area (Å²) < 4.78 is 65.6. The fourth-order valence-electron chi connectivity index (χ4n) is 3.70. The zero-order chi connectivity index (χ0) is 35.4. The predicted molar refractivity (Wildman–Crippen MR) is 189 cm³/mol. The number of halogens is 1. The number of hydrogen-bond acceptors (Lipinski definition) is 17. The Balaban J connectivity index is 0.0000130. The average molecular weight is 752 g/mol. The van der Waals surface area contributed by atoms with Crippen LogP contribution in [0.3, 0.4) is 0 Å². The summed E-state index contributed by atoms with van der Waals surface area (Å²) in [5.74, 6) is 1.74. The van der Waals surface area contributed by atoms with E-state index in [1.165, 1.54) is 0 Å². The molecule has 0 bridgehead atoms. The molecule has 0 radical (unpaired) electrons. The minimum Gasteiger partial charge on any atom is -0.491 e. The molecule has 1 aromatic carbocycles. The zero-order valence-electron chi connectivity index (χ0n) is 30.0. The van der Waals surface area contributed by atoms with E-state index in [-0.39, 0.29) is 12.4 Å². The highest BCUT2D eigenvalue weighted by molar-refractivity contribution is 5.85. The van der Waals surface area contributed by atoms with Gasteiger partial charge in [-0.1, -0.05) is 0 Å². The number of hydrogen-bond donors (Lipinski definition) is 1. The Kier molecular flexibility index (Phi) is 33.2. The van der Waals surface area contributed by atoms with Crippen LogP contribution in [0, 0.1) is 6.92 Å². The largest absolute Gasteiger partial charge is 0.491 e. The summed E-state index contributed by atoms with van der Waals surface area (Å²) in [7, 11) is 0. The van der Waals surface area contributed by atoms with Gasteiger partial charge in [0.05, 0.1) is 145 Å². The molecule has 0 unspecified atom stereocenters. The summed E-state index contributed by atoms with van der Waals surface area (Å²) in [6, 6.07) is 7.42. The molecule has 2 aromatic rings. The topological polar surface area (TPSA) is 188 Å². The average Bonchev–Trinajstić information content (AvgIpc) is 3.14. The first kappa shape index (κ1) is 46.8. The molecule has 0 saturated heterocycles. The number of rotatable bonds is 37. The first-order valence-corrected chi connectivity index (χ1v) is 17.1. The van der Waals surface area contributed by atoms with Crippen molar-refractivity contribution in [3.63, 3.8) is 0 Å². The third kappa shape index (κ3) is 29.0. The van der Waals surface area contributed by atoms with Crippen molar-refractivity contribution in [2.45, 2.75) is 6.92 Å². The van der Waals surface area contributed by atoms with Crippen LogP contribution in [0.25, 0.3) is 11.4 Å². The molecule has 1 aromatic heterocycles. The molecule has 0 aliphatic carbocycles. The maximum atomic E-state index is 5.69. The van der Waals surface area contributed by atoms with E-state index in [4.69, 9.17) is 62.6 Å². The van der Waals surface area contributed by atoms with Gasteiger partial charge in [0, 0.05) is 12.1 Å². The van der Waals surface area contributed by atoms with Crippen LogP contribution >= 0.6 is 12.4 Å². The molecule has 0 saturated carbocycles. The van der Waals surface area contributed by atoms with Gasteiger partial charge in [-0.3, -0.25) is 0 Å². The molecule has 2 rings (SSSR count). The SMILES string of the molecule is Cc1nnc(-c2ccc(OCCOCCOCCOCCOCCOCCOCCOCCOCCOCCOCCOCCN)cc2)nn1.Cl. The molecule has 0 aliphatic heterocycles. The molecular formula is C33H58ClN5O12. The molecule has 0 amide bonds. The van der Waals surface area contributed by atoms with Crippen LogP contribution in [0.4, 0.5) is 0 Å². The number of aryl methyl sites for hydroxylation is 1. The van der Waals surface area contributed by atoms with E-state index >= 15 is 0 Å². The van der Waals surface area contributed by atoms with Crippen LogP contribution in [-0.4, -0.2) is 179 Å². The van der Waals surface area contributed by atoms with Crippen molar-refractivity contribution in [2.24, 2.45) is 5.73 Å². The van der Waals surface area contributed by atoms with Gasteiger partial charge in [0.1, 0.15) is 12.4 Å². The Morgan fingerprint density at radius 1 is 0.392 bits per heavy atom. The number of nitrogens with zero attached hydrogens (tertiary/aromatic N) is 4. The minimum absolute atomic E-state index is 0. The Bertz CT molecular complexity index is 1010. The number of aromatic nitrogens is 4. The van der Waals surface area contributed by atoms with Gasteiger partial charge in [0.15, 0.2) is 5.82 Å². The third-order valence-corrected chi connectivity index (χ3v) is 6.17. The van der Waals surface area contributed by atoms with Crippen molar-refractivity contribution in [2.75, 3.05) is 159 Å². The quantitative estimate of drug-likeness (QED) is 0.0969. The molecule has 18 heteroatoms. The van der Waals surface area contributed by atoms with Crippen LogP contribution in [0.1, 0.15) is 5.82 Å². The number of ether oxygens (including phenoxy) is 12. The molecule has 0 aliphatic rings. The van der Waals surface area contributed by atoms with E-state index in [0.29, 0.717) is 170 Å². The summed E-state index contributed by atoms with van der Waals surface area (Å²) in [4.78, 5) is 0. The third-order valence-electron chi connectivity index (χ3n) is 6.17. The first-order chi connectivity index (χ1) is 24.8. The van der Waals surface area contributed by atoms with E-state index < -0.39 is 0 Å². The smallest absolute Gasteiger partial charge is 0.203 e. The van der Waals surface area contributed by atoms with Crippen LogP contribution in [0.15, 0.2) is 24.3 Å². The van der Waals surface area contributed by atoms with Crippen molar-refractivity contribution >= 4 is 12.4 Å². The lowest BCUT2D eigenvalue weighted by molar-refractivity contribution is -0.0276. The second-order valence-electron chi connectivity index (χ2n) is 10.2. The Morgan fingerprint density at radius 3 is 0.961 bits per heavy atom. The van der Waals surface area contributed by atoms with Crippen molar-refractivity contribution in [3.05, 3.63) is 30.1 Å². The van der Waals surface area contributed by atoms with E-state index in [1.54, 1.807) is 6.92 Å². The van der Waals surface area contributed by atoms with Gasteiger partial charge >= 0.3 is 0 Å². The maximum Gasteiger partial charge on any atom is 0.203 e. The lowest BCUT2D eigenvalue weighted by atomic mass is 10.2. The van der Waals surface area contributed by atoms with Gasteiger partial charge in [0.2, 0.25) is 5.82 Å². The van der Waals surface area contributed by atoms with E-state index in [9.17, 15) is 0 Å². The molecule has 0 spiro atoms. The maximum absolute atomic E-state index is 5.69. The van der Waals surface area contributed by atoms with E-state index in [2.05, 4.69) is 20.4 Å². The summed E-state index contributed by atoms with van der Waals surface area (Å²) >= 11 is 0. The fraction of sp³-hybridized carbons (Fsp3) is 0.758. The molecule has 0 fully saturated rings. The highest BCUT2D eigenvalue weighted by Crippen LogP contribution is 2.18. The lowest BCUT2D eigenvalue weighted by Gasteiger charge is -2.09. The normalized spacial score (nSPS) is 11.2. The molecule has 2 N–H and O–H groups in total. The van der Waals surface area contributed by atoms with E-state index in [1.807, 2.05) is 24.3 Å². The van der Waals surface area contributed by atoms with Crippen molar-refractivity contribution < 1.29 is 56.8 Å². The van der Waals surface area contributed by atoms with Gasteiger partial charge in [-0.25, -0.2) is 0 Å². The second kappa shape index (κ2) is 36.1. The van der Waals surface area contributed by atoms with Gasteiger partial charge in [0.25, 0.3) is 0 Å². The van der Waals surface area contributed by atoms with Crippen LogP contribution in [-0.2, 0) is 52.1 Å². The molecule has 0 atom stereocenters. The minimum atomic E-state index is 0. The van der Waals surface area contributed by atoms with Crippen LogP contribution < -0.4 is 10.5 Å². The highest BCUT2D eigenvalue weighted by atomic mass is 35.5. The molecular weight excluding hydrogens is 694 g/mol. The Labute approximate surface area is 307 Å². The van der Waals surface area contributed by atoms with Gasteiger partial charge in [-0.2, -0.15) is 0 Å². The Morgan fingerprint density at radius 2 is 0.667 bits per heavy atom. The molecule has 17 nitrogen and oxygen atoms in total. The standard InChI is InChI=1S/C33H57N5O12.ClH/c1-30-35-37-33(38-36-30)31-2-4-32(5-3-31)50-29-28-49-27-26-48-25-24-47-23-22-46-21-20-45-19-18-44-17-16-43-15-14-42-13-12-41-11-10-40-9-8-39-7-6-34;/h2-5H,6-29,34H2,1H3;1H. The highest BCUT2D eigenvalue weighted by Gasteiger charge is 2.04. The van der Waals surface area contributed by atoms with Crippen molar-refractivity contribution in [1.29, 1.82) is 0 Å². The van der Waals surface area contributed by atoms with Crippen LogP contribution in [0.2, 0.25) is 0 Å². The summed E-state index contributed by atoms with van der Waals surface area (Å²) in [5, 5.41) is 15.9. The number of benzene rings is 1. The Hall–Kier alpha value is -2.23. The molecule has 51 heavy (non-hydrogen) atoms. The van der Waals surface area contributed by atoms with E-state index in [0.717, 1.165) is 11.3 Å². The lowest BCUT2D eigenvalue weighted by Crippen LogP contribution is -2.16. The summed E-state index contributed by atoms with van der Waals surface area (Å²) in [5.41, 5.74) is 6.15. The first-order valence-electron chi connectivity index (χ1n) is 17.1. The molecule has 294 valence electrons. The monoisotopic (exact) mass is 751 g/mol. The number of nitrogens with two attached hydrogens (primary N) is 1. The fourth-order valence-corrected chi connectivity index (χ4v) is 3.70. The predicted octanol–water partition coefficient (Wildman–Crippen LogP) is 1.18. The summed E-state index contributed by atoms with van der Waals surface area (Å²) in [6.45, 7) is 13.8. The zero-order valence-corrected chi connectivity index (χ0v) is 30.8. The summed E-state index contributed by atoms with van der Waals surface area (Å²) in [6.07, 6.45) is 0. The molecule has 1 heterocycles. The van der Waals surface area contributed by atoms with Gasteiger partial charge in [-0.15, -0.1) is 32.8 Å². The van der Waals surface area contributed by atoms with Crippen LogP contribution in [0.5, 0.6) is 5.75 Å². The van der Waals surface area contributed by atoms with Gasteiger partial charge < -0.3 is 62.6 Å². The van der Waals surface area contributed by atoms with Crippen molar-refractivity contribution in [3.8, 4) is 17.1 Å².